The van der Waals surface area contributed by atoms with E-state index in [0.29, 0.717) is 16.9 Å². The van der Waals surface area contributed by atoms with E-state index < -0.39 is 0 Å². The lowest BCUT2D eigenvalue weighted by molar-refractivity contribution is 0.103. The number of hydrogen-bond acceptors (Lipinski definition) is 3. The molecule has 0 bridgehead atoms. The number of aryl methyl sites for hydroxylation is 1. The van der Waals surface area contributed by atoms with Gasteiger partial charge < -0.3 is 5.32 Å². The molecule has 0 amide bonds. The van der Waals surface area contributed by atoms with E-state index in [0.717, 1.165) is 18.5 Å². The smallest absolute Gasteiger partial charge is 0.196 e. The Hall–Kier alpha value is -2.16. The molecule has 3 nitrogen and oxygen atoms in total. The highest BCUT2D eigenvalue weighted by molar-refractivity contribution is 6.11. The first-order valence-corrected chi connectivity index (χ1v) is 8.52. The molecule has 23 heavy (non-hydrogen) atoms. The summed E-state index contributed by atoms with van der Waals surface area (Å²) in [6, 6.07) is 11.3. The molecule has 0 atom stereocenters. The number of carbonyl (C=O) groups is 1. The highest BCUT2D eigenvalue weighted by Crippen LogP contribution is 2.17. The molecule has 122 valence electrons. The molecule has 0 saturated heterocycles. The molecule has 1 aromatic carbocycles. The van der Waals surface area contributed by atoms with Gasteiger partial charge in [0.05, 0.1) is 5.56 Å². The number of rotatable bonds is 9. The minimum Gasteiger partial charge on any atom is -0.369 e. The zero-order valence-corrected chi connectivity index (χ0v) is 14.1. The molecule has 0 aliphatic carbocycles. The molecular weight excluding hydrogens is 284 g/mol. The van der Waals surface area contributed by atoms with Gasteiger partial charge in [0.1, 0.15) is 5.82 Å². The number of pyridine rings is 1. The molecule has 0 radical (unpaired) electrons. The molecule has 0 spiro atoms. The number of aromatic nitrogens is 1. The summed E-state index contributed by atoms with van der Waals surface area (Å²) in [7, 11) is 0. The van der Waals surface area contributed by atoms with E-state index in [-0.39, 0.29) is 5.78 Å². The van der Waals surface area contributed by atoms with Gasteiger partial charge in [-0.2, -0.15) is 0 Å². The molecule has 3 heteroatoms. The predicted octanol–water partition coefficient (Wildman–Crippen LogP) is 5.00. The van der Waals surface area contributed by atoms with Gasteiger partial charge in [0.15, 0.2) is 5.78 Å². The summed E-state index contributed by atoms with van der Waals surface area (Å²) in [4.78, 5) is 17.0. The van der Waals surface area contributed by atoms with Crippen molar-refractivity contribution in [3.8, 4) is 0 Å². The summed E-state index contributed by atoms with van der Waals surface area (Å²) in [6.07, 6.45) is 7.87. The summed E-state index contributed by atoms with van der Waals surface area (Å²) in [5.74, 6) is 0.708. The Balaban J connectivity index is 1.99. The molecule has 0 saturated carbocycles. The second kappa shape index (κ2) is 9.09. The van der Waals surface area contributed by atoms with Crippen molar-refractivity contribution in [2.24, 2.45) is 0 Å². The number of anilines is 1. The number of nitrogens with one attached hydrogen (secondary N) is 1. The zero-order chi connectivity index (χ0) is 16.5. The molecule has 0 fully saturated rings. The average molecular weight is 310 g/mol. The topological polar surface area (TPSA) is 42.0 Å². The van der Waals surface area contributed by atoms with Crippen molar-refractivity contribution in [2.45, 2.75) is 46.0 Å². The van der Waals surface area contributed by atoms with Crippen LogP contribution in [-0.4, -0.2) is 17.3 Å². The Bertz CT molecular complexity index is 620. The Labute approximate surface area is 139 Å². The third kappa shape index (κ3) is 5.20. The van der Waals surface area contributed by atoms with E-state index in [1.807, 2.05) is 43.3 Å². The van der Waals surface area contributed by atoms with E-state index in [9.17, 15) is 4.79 Å². The van der Waals surface area contributed by atoms with Crippen LogP contribution in [0.4, 0.5) is 5.82 Å². The van der Waals surface area contributed by atoms with E-state index in [4.69, 9.17) is 0 Å². The summed E-state index contributed by atoms with van der Waals surface area (Å²) < 4.78 is 0. The maximum absolute atomic E-state index is 12.7. The largest absolute Gasteiger partial charge is 0.369 e. The van der Waals surface area contributed by atoms with Gasteiger partial charge in [-0.05, 0) is 25.5 Å². The fraction of sp³-hybridized carbons (Fsp3) is 0.400. The van der Waals surface area contributed by atoms with E-state index in [1.54, 1.807) is 6.20 Å². The van der Waals surface area contributed by atoms with Gasteiger partial charge in [-0.3, -0.25) is 4.79 Å². The van der Waals surface area contributed by atoms with Crippen LogP contribution >= 0.6 is 0 Å². The third-order valence-corrected chi connectivity index (χ3v) is 3.94. The van der Waals surface area contributed by atoms with Gasteiger partial charge in [0, 0.05) is 18.3 Å². The lowest BCUT2D eigenvalue weighted by Gasteiger charge is -2.10. The number of ketones is 1. The van der Waals surface area contributed by atoms with Crippen molar-refractivity contribution in [2.75, 3.05) is 11.9 Å². The van der Waals surface area contributed by atoms with Crippen LogP contribution in [0.5, 0.6) is 0 Å². The number of carbonyl (C=O) groups excluding carboxylic acids is 1. The lowest BCUT2D eigenvalue weighted by Crippen LogP contribution is -2.10. The van der Waals surface area contributed by atoms with E-state index in [1.165, 1.54) is 25.7 Å². The second-order valence-electron chi connectivity index (χ2n) is 5.94. The highest BCUT2D eigenvalue weighted by Gasteiger charge is 2.13. The van der Waals surface area contributed by atoms with Crippen molar-refractivity contribution < 1.29 is 4.79 Å². The van der Waals surface area contributed by atoms with Crippen LogP contribution in [0.15, 0.2) is 42.6 Å². The van der Waals surface area contributed by atoms with Crippen LogP contribution in [0.3, 0.4) is 0 Å². The Morgan fingerprint density at radius 2 is 1.78 bits per heavy atom. The summed E-state index contributed by atoms with van der Waals surface area (Å²) >= 11 is 0. The van der Waals surface area contributed by atoms with Crippen LogP contribution in [0.25, 0.3) is 0 Å². The molecule has 1 aromatic heterocycles. The van der Waals surface area contributed by atoms with Gasteiger partial charge in [-0.1, -0.05) is 62.4 Å². The second-order valence-corrected chi connectivity index (χ2v) is 5.94. The third-order valence-electron chi connectivity index (χ3n) is 3.94. The van der Waals surface area contributed by atoms with Crippen LogP contribution in [0.2, 0.25) is 0 Å². The fourth-order valence-corrected chi connectivity index (χ4v) is 2.53. The van der Waals surface area contributed by atoms with Gasteiger partial charge >= 0.3 is 0 Å². The molecule has 2 rings (SSSR count). The lowest BCUT2D eigenvalue weighted by atomic mass is 10.0. The number of unbranched alkanes of at least 4 members (excludes halogenated alkanes) is 4. The summed E-state index contributed by atoms with van der Waals surface area (Å²) in [5, 5.41) is 3.32. The van der Waals surface area contributed by atoms with Gasteiger partial charge in [-0.15, -0.1) is 0 Å². The van der Waals surface area contributed by atoms with E-state index in [2.05, 4.69) is 17.2 Å². The molecule has 0 aliphatic rings. The Morgan fingerprint density at radius 3 is 2.52 bits per heavy atom. The fourth-order valence-electron chi connectivity index (χ4n) is 2.53. The first-order valence-electron chi connectivity index (χ1n) is 8.52. The predicted molar refractivity (Wildman–Crippen MR) is 96.1 cm³/mol. The van der Waals surface area contributed by atoms with E-state index >= 15 is 0 Å². The van der Waals surface area contributed by atoms with Crippen molar-refractivity contribution in [3.63, 3.8) is 0 Å². The molecule has 0 unspecified atom stereocenters. The normalized spacial score (nSPS) is 10.5. The Kier molecular flexibility index (Phi) is 6.79. The molecular formula is C20H26N2O. The maximum atomic E-state index is 12.7. The van der Waals surface area contributed by atoms with Gasteiger partial charge in [0.2, 0.25) is 0 Å². The zero-order valence-electron chi connectivity index (χ0n) is 14.1. The maximum Gasteiger partial charge on any atom is 0.196 e. The quantitative estimate of drug-likeness (QED) is 0.523. The first kappa shape index (κ1) is 17.2. The van der Waals surface area contributed by atoms with Gasteiger partial charge in [-0.25, -0.2) is 4.98 Å². The van der Waals surface area contributed by atoms with Crippen molar-refractivity contribution >= 4 is 11.6 Å². The van der Waals surface area contributed by atoms with Crippen molar-refractivity contribution in [1.82, 2.24) is 4.98 Å². The standard InChI is InChI=1S/C20H26N2O/c1-3-4-5-6-7-14-21-20-18(9-8-15-22-20)19(23)17-12-10-16(2)11-13-17/h8-13,15H,3-7,14H2,1-2H3,(H,21,22). The van der Waals surface area contributed by atoms with Crippen LogP contribution in [0.1, 0.15) is 60.5 Å². The number of nitrogens with zero attached hydrogens (tertiary/aromatic N) is 1. The number of benzene rings is 1. The Morgan fingerprint density at radius 1 is 1.04 bits per heavy atom. The van der Waals surface area contributed by atoms with Crippen LogP contribution in [-0.2, 0) is 0 Å². The summed E-state index contributed by atoms with van der Waals surface area (Å²) in [6.45, 7) is 5.09. The highest BCUT2D eigenvalue weighted by atomic mass is 16.1. The van der Waals surface area contributed by atoms with Crippen LogP contribution in [0, 0.1) is 6.92 Å². The van der Waals surface area contributed by atoms with Gasteiger partial charge in [0.25, 0.3) is 0 Å². The average Bonchev–Trinajstić information content (AvgIpc) is 2.58. The first-order chi connectivity index (χ1) is 11.2. The molecule has 1 N–H and O–H groups in total. The van der Waals surface area contributed by atoms with Crippen molar-refractivity contribution in [1.29, 1.82) is 0 Å². The van der Waals surface area contributed by atoms with Crippen LogP contribution < -0.4 is 5.32 Å². The molecule has 0 aliphatic heterocycles. The SMILES string of the molecule is CCCCCCCNc1ncccc1C(=O)c1ccc(C)cc1. The summed E-state index contributed by atoms with van der Waals surface area (Å²) in [5.41, 5.74) is 2.50. The van der Waals surface area contributed by atoms with Crippen molar-refractivity contribution in [3.05, 3.63) is 59.3 Å². The minimum absolute atomic E-state index is 0.0200. The number of hydrogen-bond donors (Lipinski definition) is 1. The molecule has 1 heterocycles. The molecule has 2 aromatic rings. The monoisotopic (exact) mass is 310 g/mol. The minimum atomic E-state index is 0.0200.